The van der Waals surface area contributed by atoms with E-state index in [0.717, 1.165) is 33.7 Å². The Morgan fingerprint density at radius 3 is 2.65 bits per heavy atom. The minimum Gasteiger partial charge on any atom is -0.411 e. The standard InChI is InChI=1S/C22H18N4O4S/c1-13-9-14(2)20(18(10-13)26(28)29)23-19(27)12-31-22-25-24-21(30-22)17-8-7-15-5-3-4-6-16(15)11-17/h3-11H,12H2,1-2H3,(H,23,27). The van der Waals surface area contributed by atoms with Gasteiger partial charge in [-0.05, 0) is 47.9 Å². The first-order valence-corrected chi connectivity index (χ1v) is 10.4. The molecule has 1 heterocycles. The molecule has 0 bridgehead atoms. The van der Waals surface area contributed by atoms with E-state index >= 15 is 0 Å². The molecule has 156 valence electrons. The summed E-state index contributed by atoms with van der Waals surface area (Å²) in [6.07, 6.45) is 0. The molecule has 8 nitrogen and oxygen atoms in total. The van der Waals surface area contributed by atoms with Crippen molar-refractivity contribution in [3.63, 3.8) is 0 Å². The Labute approximate surface area is 181 Å². The van der Waals surface area contributed by atoms with Crippen LogP contribution in [-0.4, -0.2) is 26.8 Å². The zero-order valence-electron chi connectivity index (χ0n) is 16.8. The van der Waals surface area contributed by atoms with Gasteiger partial charge in [0, 0.05) is 11.6 Å². The van der Waals surface area contributed by atoms with E-state index in [1.165, 1.54) is 6.07 Å². The Kier molecular flexibility index (Phi) is 5.68. The molecule has 31 heavy (non-hydrogen) atoms. The van der Waals surface area contributed by atoms with Crippen molar-refractivity contribution in [2.45, 2.75) is 19.1 Å². The number of hydrogen-bond acceptors (Lipinski definition) is 7. The summed E-state index contributed by atoms with van der Waals surface area (Å²) < 4.78 is 5.67. The first-order chi connectivity index (χ1) is 14.9. The molecule has 0 fully saturated rings. The third-order valence-corrected chi connectivity index (χ3v) is 5.47. The number of nitrogens with one attached hydrogen (secondary N) is 1. The topological polar surface area (TPSA) is 111 Å². The number of benzene rings is 3. The summed E-state index contributed by atoms with van der Waals surface area (Å²) in [7, 11) is 0. The molecule has 3 aromatic carbocycles. The molecule has 0 spiro atoms. The van der Waals surface area contributed by atoms with Crippen LogP contribution in [0.1, 0.15) is 11.1 Å². The molecule has 0 atom stereocenters. The maximum atomic E-state index is 12.4. The Bertz CT molecular complexity index is 1300. The second kappa shape index (κ2) is 8.57. The third kappa shape index (κ3) is 4.56. The van der Waals surface area contributed by atoms with E-state index in [1.807, 2.05) is 42.5 Å². The van der Waals surface area contributed by atoms with Crippen molar-refractivity contribution in [3.8, 4) is 11.5 Å². The smallest absolute Gasteiger partial charge is 0.293 e. The number of amides is 1. The fourth-order valence-electron chi connectivity index (χ4n) is 3.26. The molecular formula is C22H18N4O4S. The predicted molar refractivity (Wildman–Crippen MR) is 119 cm³/mol. The van der Waals surface area contributed by atoms with Gasteiger partial charge >= 0.3 is 0 Å². The number of hydrogen-bond donors (Lipinski definition) is 1. The van der Waals surface area contributed by atoms with Crippen LogP contribution in [0.25, 0.3) is 22.2 Å². The molecule has 0 aliphatic rings. The number of anilines is 1. The van der Waals surface area contributed by atoms with E-state index in [1.54, 1.807) is 19.9 Å². The van der Waals surface area contributed by atoms with E-state index in [9.17, 15) is 14.9 Å². The van der Waals surface area contributed by atoms with Gasteiger partial charge in [0.15, 0.2) is 0 Å². The van der Waals surface area contributed by atoms with E-state index < -0.39 is 10.8 Å². The lowest BCUT2D eigenvalue weighted by atomic mass is 10.1. The minimum atomic E-state index is -0.503. The van der Waals surface area contributed by atoms with Crippen LogP contribution in [0.2, 0.25) is 0 Å². The van der Waals surface area contributed by atoms with Gasteiger partial charge in [-0.15, -0.1) is 10.2 Å². The van der Waals surface area contributed by atoms with E-state index in [-0.39, 0.29) is 22.4 Å². The van der Waals surface area contributed by atoms with Crippen molar-refractivity contribution in [1.29, 1.82) is 0 Å². The number of fused-ring (bicyclic) bond motifs is 1. The first-order valence-electron chi connectivity index (χ1n) is 9.41. The number of nitro benzene ring substituents is 1. The monoisotopic (exact) mass is 434 g/mol. The average molecular weight is 434 g/mol. The number of nitrogens with zero attached hydrogens (tertiary/aromatic N) is 3. The maximum absolute atomic E-state index is 12.4. The van der Waals surface area contributed by atoms with Gasteiger partial charge in [-0.1, -0.05) is 48.2 Å². The van der Waals surface area contributed by atoms with Gasteiger partial charge in [0.2, 0.25) is 11.8 Å². The van der Waals surface area contributed by atoms with Crippen LogP contribution in [0, 0.1) is 24.0 Å². The lowest BCUT2D eigenvalue weighted by Crippen LogP contribution is -2.16. The lowest BCUT2D eigenvalue weighted by Gasteiger charge is -2.09. The number of aryl methyl sites for hydroxylation is 2. The Hall–Kier alpha value is -3.72. The van der Waals surface area contributed by atoms with E-state index in [0.29, 0.717) is 11.5 Å². The summed E-state index contributed by atoms with van der Waals surface area (Å²) in [6.45, 7) is 3.49. The van der Waals surface area contributed by atoms with Gasteiger partial charge < -0.3 is 9.73 Å². The van der Waals surface area contributed by atoms with Crippen LogP contribution in [0.15, 0.2) is 64.2 Å². The molecule has 1 aromatic heterocycles. The van der Waals surface area contributed by atoms with Gasteiger partial charge in [0.05, 0.1) is 10.7 Å². The van der Waals surface area contributed by atoms with Crippen molar-refractivity contribution in [2.75, 3.05) is 11.1 Å². The van der Waals surface area contributed by atoms with Crippen molar-refractivity contribution in [2.24, 2.45) is 0 Å². The second-order valence-electron chi connectivity index (χ2n) is 7.00. The van der Waals surface area contributed by atoms with Crippen molar-refractivity contribution in [3.05, 3.63) is 75.8 Å². The quantitative estimate of drug-likeness (QED) is 0.254. The normalized spacial score (nSPS) is 10.9. The van der Waals surface area contributed by atoms with Crippen LogP contribution in [-0.2, 0) is 4.79 Å². The fraction of sp³-hybridized carbons (Fsp3) is 0.136. The number of thioether (sulfide) groups is 1. The summed E-state index contributed by atoms with van der Waals surface area (Å²) in [6, 6.07) is 17.0. The molecule has 0 aliphatic carbocycles. The minimum absolute atomic E-state index is 0.0240. The van der Waals surface area contributed by atoms with Gasteiger partial charge in [0.25, 0.3) is 10.9 Å². The summed E-state index contributed by atoms with van der Waals surface area (Å²) >= 11 is 1.07. The lowest BCUT2D eigenvalue weighted by molar-refractivity contribution is -0.384. The fourth-order valence-corrected chi connectivity index (χ4v) is 3.82. The number of carbonyl (C=O) groups excluding carboxylic acids is 1. The number of rotatable bonds is 6. The zero-order chi connectivity index (χ0) is 22.0. The summed E-state index contributed by atoms with van der Waals surface area (Å²) in [5.41, 5.74) is 2.23. The highest BCUT2D eigenvalue weighted by molar-refractivity contribution is 7.99. The van der Waals surface area contributed by atoms with Gasteiger partial charge in [-0.25, -0.2) is 0 Å². The Balaban J connectivity index is 1.44. The molecule has 0 aliphatic heterocycles. The molecule has 9 heteroatoms. The first kappa shape index (κ1) is 20.5. The highest BCUT2D eigenvalue weighted by Crippen LogP contribution is 2.30. The second-order valence-corrected chi connectivity index (χ2v) is 7.93. The highest BCUT2D eigenvalue weighted by Gasteiger charge is 2.20. The molecule has 0 unspecified atom stereocenters. The molecule has 0 saturated heterocycles. The molecular weight excluding hydrogens is 416 g/mol. The molecule has 1 N–H and O–H groups in total. The number of nitro groups is 1. The highest BCUT2D eigenvalue weighted by atomic mass is 32.2. The summed E-state index contributed by atoms with van der Waals surface area (Å²) in [5, 5.41) is 24.4. The van der Waals surface area contributed by atoms with Crippen molar-refractivity contribution >= 4 is 39.8 Å². The van der Waals surface area contributed by atoms with E-state index in [2.05, 4.69) is 15.5 Å². The SMILES string of the molecule is Cc1cc(C)c(NC(=O)CSc2nnc(-c3ccc4ccccc4c3)o2)c([N+](=O)[O-])c1. The number of aromatic nitrogens is 2. The predicted octanol–water partition coefficient (Wildman–Crippen LogP) is 5.15. The molecule has 1 amide bonds. The van der Waals surface area contributed by atoms with E-state index in [4.69, 9.17) is 4.42 Å². The Morgan fingerprint density at radius 2 is 1.87 bits per heavy atom. The largest absolute Gasteiger partial charge is 0.411 e. The maximum Gasteiger partial charge on any atom is 0.293 e. The van der Waals surface area contributed by atoms with Gasteiger partial charge in [-0.3, -0.25) is 14.9 Å². The van der Waals surface area contributed by atoms with Gasteiger partial charge in [0.1, 0.15) is 5.69 Å². The molecule has 4 aromatic rings. The van der Waals surface area contributed by atoms with Crippen LogP contribution in [0.4, 0.5) is 11.4 Å². The summed E-state index contributed by atoms with van der Waals surface area (Å²) in [5.74, 6) is -0.0618. The third-order valence-electron chi connectivity index (χ3n) is 4.65. The van der Waals surface area contributed by atoms with Crippen molar-refractivity contribution in [1.82, 2.24) is 10.2 Å². The van der Waals surface area contributed by atoms with Gasteiger partial charge in [-0.2, -0.15) is 0 Å². The van der Waals surface area contributed by atoms with Crippen LogP contribution in [0.3, 0.4) is 0 Å². The van der Waals surface area contributed by atoms with Crippen LogP contribution < -0.4 is 5.32 Å². The van der Waals surface area contributed by atoms with Crippen molar-refractivity contribution < 1.29 is 14.1 Å². The Morgan fingerprint density at radius 1 is 1.10 bits per heavy atom. The molecule has 0 saturated carbocycles. The zero-order valence-corrected chi connectivity index (χ0v) is 17.6. The van der Waals surface area contributed by atoms with Crippen LogP contribution >= 0.6 is 11.8 Å². The average Bonchev–Trinajstić information content (AvgIpc) is 3.22. The molecule has 4 rings (SSSR count). The summed E-state index contributed by atoms with van der Waals surface area (Å²) in [4.78, 5) is 23.2. The molecule has 0 radical (unpaired) electrons. The number of carbonyl (C=O) groups is 1. The van der Waals surface area contributed by atoms with Crippen LogP contribution in [0.5, 0.6) is 0 Å².